The second kappa shape index (κ2) is 8.86. The van der Waals surface area contributed by atoms with E-state index in [1.807, 2.05) is 12.1 Å². The lowest BCUT2D eigenvalue weighted by Crippen LogP contribution is -2.32. The molecule has 3 N–H and O–H groups in total. The van der Waals surface area contributed by atoms with Gasteiger partial charge in [0.2, 0.25) is 0 Å². The maximum absolute atomic E-state index is 9.87. The topological polar surface area (TPSA) is 87.7 Å². The summed E-state index contributed by atoms with van der Waals surface area (Å²) < 4.78 is 5.84. The molecule has 0 saturated carbocycles. The third-order valence-electron chi connectivity index (χ3n) is 5.91. The average Bonchev–Trinajstić information content (AvgIpc) is 2.73. The van der Waals surface area contributed by atoms with Gasteiger partial charge in [0.05, 0.1) is 18.8 Å². The first-order valence-electron chi connectivity index (χ1n) is 10.6. The molecule has 1 aromatic heterocycles. The molecule has 0 atom stereocenters. The van der Waals surface area contributed by atoms with Crippen molar-refractivity contribution in [2.24, 2.45) is 0 Å². The zero-order chi connectivity index (χ0) is 20.2. The number of hydrogen-bond acceptors (Lipinski definition) is 7. The van der Waals surface area contributed by atoms with Gasteiger partial charge in [-0.2, -0.15) is 9.97 Å². The van der Waals surface area contributed by atoms with Crippen LogP contribution in [0.2, 0.25) is 0 Å². The number of piperidine rings is 1. The number of fused-ring (bicyclic) bond motifs is 1. The van der Waals surface area contributed by atoms with Crippen molar-refractivity contribution in [2.45, 2.75) is 45.6 Å². The molecule has 1 aromatic carbocycles. The number of nitrogens with two attached hydrogens (primary N) is 1. The predicted octanol–water partition coefficient (Wildman–Crippen LogP) is 2.89. The smallest absolute Gasteiger partial charge is 0.318 e. The number of aromatic hydroxyl groups is 1. The van der Waals surface area contributed by atoms with Gasteiger partial charge in [0.25, 0.3) is 0 Å². The van der Waals surface area contributed by atoms with Crippen LogP contribution in [0.15, 0.2) is 18.2 Å². The Kier molecular flexibility index (Phi) is 6.04. The molecule has 0 bridgehead atoms. The van der Waals surface area contributed by atoms with Crippen LogP contribution in [-0.4, -0.2) is 52.8 Å². The molecule has 156 valence electrons. The number of hydrogen-bond donors (Lipinski definition) is 2. The number of nitrogen functional groups attached to an aromatic ring is 1. The van der Waals surface area contributed by atoms with Crippen molar-refractivity contribution in [3.63, 3.8) is 0 Å². The Bertz CT molecular complexity index is 851. The zero-order valence-electron chi connectivity index (χ0n) is 17.2. The molecule has 3 heterocycles. The number of phenolic OH excluding ortho intramolecular Hbond substituents is 1. The summed E-state index contributed by atoms with van der Waals surface area (Å²) in [6.07, 6.45) is 5.72. The molecule has 2 aliphatic rings. The number of phenols is 1. The summed E-state index contributed by atoms with van der Waals surface area (Å²) in [5.41, 5.74) is 10.3. The van der Waals surface area contributed by atoms with E-state index >= 15 is 0 Å². The maximum atomic E-state index is 9.87. The number of ether oxygens (including phenoxy) is 1. The van der Waals surface area contributed by atoms with Gasteiger partial charge in [0.15, 0.2) is 0 Å². The summed E-state index contributed by atoms with van der Waals surface area (Å²) in [5.74, 6) is 0.796. The van der Waals surface area contributed by atoms with Crippen molar-refractivity contribution >= 4 is 11.5 Å². The van der Waals surface area contributed by atoms with Crippen molar-refractivity contribution in [3.8, 4) is 11.8 Å². The number of likely N-dealkylation sites (tertiary alicyclic amines) is 1. The number of aryl methyl sites for hydroxylation is 1. The monoisotopic (exact) mass is 397 g/mol. The van der Waals surface area contributed by atoms with Gasteiger partial charge >= 0.3 is 6.01 Å². The molecular weight excluding hydrogens is 366 g/mol. The number of rotatable bonds is 6. The molecule has 0 spiro atoms. The fraction of sp³-hybridized carbons (Fsp3) is 0.545. The van der Waals surface area contributed by atoms with E-state index in [0.29, 0.717) is 25.0 Å². The summed E-state index contributed by atoms with van der Waals surface area (Å²) in [6, 6.07) is 5.83. The van der Waals surface area contributed by atoms with Gasteiger partial charge in [-0.15, -0.1) is 0 Å². The third kappa shape index (κ3) is 4.72. The highest BCUT2D eigenvalue weighted by Gasteiger charge is 2.23. The zero-order valence-corrected chi connectivity index (χ0v) is 17.2. The summed E-state index contributed by atoms with van der Waals surface area (Å²) in [4.78, 5) is 13.8. The van der Waals surface area contributed by atoms with Gasteiger partial charge in [-0.1, -0.05) is 12.5 Å². The molecule has 0 amide bonds. The van der Waals surface area contributed by atoms with E-state index in [4.69, 9.17) is 10.5 Å². The Labute approximate surface area is 172 Å². The van der Waals surface area contributed by atoms with Crippen LogP contribution >= 0.6 is 0 Å². The standard InChI is InChI=1S/C22H31N5O2/c1-16-6-7-17(28)14-20(16)27-12-8-18-19(15-27)24-22(25-21(18)23)29-13-5-11-26-9-3-2-4-10-26/h6-7,14,28H,2-5,8-13,15H2,1H3,(H2,23,24,25). The molecular formula is C22H31N5O2. The van der Waals surface area contributed by atoms with Crippen LogP contribution in [-0.2, 0) is 13.0 Å². The van der Waals surface area contributed by atoms with Gasteiger partial charge < -0.3 is 25.4 Å². The van der Waals surface area contributed by atoms with Crippen LogP contribution in [0, 0.1) is 6.92 Å². The third-order valence-corrected chi connectivity index (χ3v) is 5.91. The predicted molar refractivity (Wildman–Crippen MR) is 114 cm³/mol. The number of nitrogens with zero attached hydrogens (tertiary/aromatic N) is 4. The second-order valence-electron chi connectivity index (χ2n) is 8.06. The molecule has 0 aliphatic carbocycles. The number of aromatic nitrogens is 2. The van der Waals surface area contributed by atoms with E-state index in [2.05, 4.69) is 26.7 Å². The van der Waals surface area contributed by atoms with E-state index in [9.17, 15) is 5.11 Å². The normalized spacial score (nSPS) is 17.2. The Morgan fingerprint density at radius 2 is 1.97 bits per heavy atom. The van der Waals surface area contributed by atoms with E-state index < -0.39 is 0 Å². The van der Waals surface area contributed by atoms with Crippen LogP contribution in [0.25, 0.3) is 0 Å². The van der Waals surface area contributed by atoms with Crippen LogP contribution < -0.4 is 15.4 Å². The molecule has 7 heteroatoms. The molecule has 2 aromatic rings. The van der Waals surface area contributed by atoms with Gasteiger partial charge in [-0.3, -0.25) is 0 Å². The van der Waals surface area contributed by atoms with Crippen molar-refractivity contribution in [1.82, 2.24) is 14.9 Å². The van der Waals surface area contributed by atoms with E-state index in [0.717, 1.165) is 48.4 Å². The lowest BCUT2D eigenvalue weighted by molar-refractivity contribution is 0.200. The molecule has 4 rings (SSSR count). The minimum Gasteiger partial charge on any atom is -0.508 e. The second-order valence-corrected chi connectivity index (χ2v) is 8.06. The Morgan fingerprint density at radius 1 is 1.14 bits per heavy atom. The maximum Gasteiger partial charge on any atom is 0.318 e. The molecule has 1 fully saturated rings. The average molecular weight is 398 g/mol. The largest absolute Gasteiger partial charge is 0.508 e. The minimum atomic E-state index is 0.274. The van der Waals surface area contributed by atoms with Gasteiger partial charge in [-0.05, 0) is 57.3 Å². The first-order chi connectivity index (χ1) is 14.1. The SMILES string of the molecule is Cc1ccc(O)cc1N1CCc2c(N)nc(OCCCN3CCCCC3)nc2C1. The van der Waals surface area contributed by atoms with Crippen molar-refractivity contribution in [2.75, 3.05) is 43.4 Å². The first-order valence-corrected chi connectivity index (χ1v) is 10.6. The summed E-state index contributed by atoms with van der Waals surface area (Å²) >= 11 is 0. The molecule has 2 aliphatic heterocycles. The molecule has 1 saturated heterocycles. The van der Waals surface area contributed by atoms with E-state index in [1.165, 1.54) is 32.4 Å². The number of benzene rings is 1. The molecule has 0 radical (unpaired) electrons. The van der Waals surface area contributed by atoms with E-state index in [-0.39, 0.29) is 5.75 Å². The quantitative estimate of drug-likeness (QED) is 0.725. The van der Waals surface area contributed by atoms with Crippen molar-refractivity contribution < 1.29 is 9.84 Å². The molecule has 0 unspecified atom stereocenters. The fourth-order valence-corrected chi connectivity index (χ4v) is 4.28. The summed E-state index contributed by atoms with van der Waals surface area (Å²) in [7, 11) is 0. The van der Waals surface area contributed by atoms with Gasteiger partial charge in [0.1, 0.15) is 11.6 Å². The van der Waals surface area contributed by atoms with Crippen molar-refractivity contribution in [1.29, 1.82) is 0 Å². The van der Waals surface area contributed by atoms with Gasteiger partial charge in [-0.25, -0.2) is 0 Å². The van der Waals surface area contributed by atoms with Crippen LogP contribution in [0.5, 0.6) is 11.8 Å². The highest BCUT2D eigenvalue weighted by Crippen LogP contribution is 2.31. The Hall–Kier alpha value is -2.54. The summed E-state index contributed by atoms with van der Waals surface area (Å²) in [5, 5.41) is 9.87. The van der Waals surface area contributed by atoms with Crippen molar-refractivity contribution in [3.05, 3.63) is 35.0 Å². The lowest BCUT2D eigenvalue weighted by Gasteiger charge is -2.31. The lowest BCUT2D eigenvalue weighted by atomic mass is 10.0. The van der Waals surface area contributed by atoms with E-state index in [1.54, 1.807) is 6.07 Å². The minimum absolute atomic E-state index is 0.274. The molecule has 7 nitrogen and oxygen atoms in total. The van der Waals surface area contributed by atoms with Crippen LogP contribution in [0.4, 0.5) is 11.5 Å². The van der Waals surface area contributed by atoms with Crippen LogP contribution in [0.1, 0.15) is 42.5 Å². The van der Waals surface area contributed by atoms with Crippen LogP contribution in [0.3, 0.4) is 0 Å². The Morgan fingerprint density at radius 3 is 2.79 bits per heavy atom. The highest BCUT2D eigenvalue weighted by atomic mass is 16.5. The highest BCUT2D eigenvalue weighted by molar-refractivity contribution is 5.59. The Balaban J connectivity index is 1.39. The summed E-state index contributed by atoms with van der Waals surface area (Å²) in [6.45, 7) is 7.57. The van der Waals surface area contributed by atoms with Gasteiger partial charge in [0, 0.05) is 30.4 Å². The fourth-order valence-electron chi connectivity index (χ4n) is 4.28. The number of anilines is 2. The molecule has 29 heavy (non-hydrogen) atoms. The first kappa shape index (κ1) is 19.8.